The Balaban J connectivity index is 0. The average Bonchev–Trinajstić information content (AvgIpc) is 2.21. The van der Waals surface area contributed by atoms with Crippen LogP contribution in [0.3, 0.4) is 0 Å². The fourth-order valence-corrected chi connectivity index (χ4v) is 1.17. The lowest BCUT2D eigenvalue weighted by molar-refractivity contribution is -0.0495. The van der Waals surface area contributed by atoms with E-state index in [0.29, 0.717) is 12.0 Å². The van der Waals surface area contributed by atoms with Gasteiger partial charge in [0, 0.05) is 12.2 Å². The molecule has 0 aliphatic heterocycles. The number of anilines is 1. The minimum Gasteiger partial charge on any atom is -0.431 e. The zero-order valence-electron chi connectivity index (χ0n) is 10.3. The lowest BCUT2D eigenvalue weighted by Gasteiger charge is -2.07. The van der Waals surface area contributed by atoms with Gasteiger partial charge in [-0.15, -0.1) is 24.8 Å². The SMILES string of the molecule is C[C@H](N)C/C=C/c1cnc(N)c(OC(F)F)c1.Cl.Cl. The topological polar surface area (TPSA) is 74.2 Å². The van der Waals surface area contributed by atoms with Crippen LogP contribution in [0.1, 0.15) is 18.9 Å². The third-order valence-corrected chi connectivity index (χ3v) is 1.94. The highest BCUT2D eigenvalue weighted by Crippen LogP contribution is 2.22. The number of nitrogen functional groups attached to an aromatic ring is 1. The summed E-state index contributed by atoms with van der Waals surface area (Å²) in [6.45, 7) is -1.04. The maximum atomic E-state index is 12.0. The molecule has 4 N–H and O–H groups in total. The number of nitrogens with zero attached hydrogens (tertiary/aromatic N) is 1. The number of ether oxygens (including phenoxy) is 1. The molecule has 0 aliphatic rings. The van der Waals surface area contributed by atoms with E-state index in [0.717, 1.165) is 0 Å². The molecule has 19 heavy (non-hydrogen) atoms. The van der Waals surface area contributed by atoms with Crippen LogP contribution in [0.2, 0.25) is 0 Å². The summed E-state index contributed by atoms with van der Waals surface area (Å²) in [5, 5.41) is 0. The number of nitrogens with two attached hydrogens (primary N) is 2. The molecule has 0 amide bonds. The molecule has 1 aromatic heterocycles. The molecule has 0 aliphatic carbocycles. The van der Waals surface area contributed by atoms with E-state index in [-0.39, 0.29) is 42.4 Å². The smallest absolute Gasteiger partial charge is 0.387 e. The van der Waals surface area contributed by atoms with Gasteiger partial charge < -0.3 is 16.2 Å². The van der Waals surface area contributed by atoms with E-state index in [2.05, 4.69) is 9.72 Å². The van der Waals surface area contributed by atoms with Crippen molar-refractivity contribution in [3.05, 3.63) is 23.9 Å². The summed E-state index contributed by atoms with van der Waals surface area (Å²) in [5.74, 6) is -0.183. The Morgan fingerprint density at radius 1 is 1.42 bits per heavy atom. The second kappa shape index (κ2) is 9.77. The second-order valence-corrected chi connectivity index (χ2v) is 3.65. The Kier molecular flexibility index (Phi) is 10.4. The molecule has 1 heterocycles. The molecular formula is C11H17Cl2F2N3O. The van der Waals surface area contributed by atoms with Gasteiger partial charge in [-0.25, -0.2) is 4.98 Å². The molecular weight excluding hydrogens is 299 g/mol. The first-order chi connectivity index (χ1) is 7.99. The van der Waals surface area contributed by atoms with Crippen LogP contribution in [0.25, 0.3) is 6.08 Å². The van der Waals surface area contributed by atoms with Gasteiger partial charge in [-0.2, -0.15) is 8.78 Å². The Morgan fingerprint density at radius 2 is 2.05 bits per heavy atom. The normalized spacial score (nSPS) is 11.8. The van der Waals surface area contributed by atoms with Crippen LogP contribution in [0, 0.1) is 0 Å². The molecule has 4 nitrogen and oxygen atoms in total. The number of hydrogen-bond donors (Lipinski definition) is 2. The molecule has 1 aromatic rings. The van der Waals surface area contributed by atoms with Gasteiger partial charge >= 0.3 is 6.61 Å². The van der Waals surface area contributed by atoms with Crippen molar-refractivity contribution in [2.45, 2.75) is 26.0 Å². The summed E-state index contributed by atoms with van der Waals surface area (Å²) in [6.07, 6.45) is 5.74. The van der Waals surface area contributed by atoms with Crippen LogP contribution < -0.4 is 16.2 Å². The Morgan fingerprint density at radius 3 is 2.58 bits per heavy atom. The highest BCUT2D eigenvalue weighted by molar-refractivity contribution is 5.85. The molecule has 1 atom stereocenters. The van der Waals surface area contributed by atoms with Gasteiger partial charge in [-0.05, 0) is 25.0 Å². The van der Waals surface area contributed by atoms with E-state index >= 15 is 0 Å². The van der Waals surface area contributed by atoms with E-state index in [9.17, 15) is 8.78 Å². The molecule has 8 heteroatoms. The first-order valence-corrected chi connectivity index (χ1v) is 5.11. The van der Waals surface area contributed by atoms with Crippen molar-refractivity contribution in [2.24, 2.45) is 5.73 Å². The number of rotatable bonds is 5. The first kappa shape index (κ1) is 20.2. The second-order valence-electron chi connectivity index (χ2n) is 3.65. The minimum atomic E-state index is -2.91. The van der Waals surface area contributed by atoms with Crippen LogP contribution in [0.15, 0.2) is 18.3 Å². The van der Waals surface area contributed by atoms with Crippen molar-refractivity contribution in [1.29, 1.82) is 0 Å². The summed E-state index contributed by atoms with van der Waals surface area (Å²) in [4.78, 5) is 3.77. The van der Waals surface area contributed by atoms with E-state index < -0.39 is 6.61 Å². The molecule has 0 radical (unpaired) electrons. The quantitative estimate of drug-likeness (QED) is 0.876. The first-order valence-electron chi connectivity index (χ1n) is 5.11. The lowest BCUT2D eigenvalue weighted by atomic mass is 10.2. The molecule has 0 saturated carbocycles. The lowest BCUT2D eigenvalue weighted by Crippen LogP contribution is -2.12. The summed E-state index contributed by atoms with van der Waals surface area (Å²) in [6, 6.07) is 1.45. The fraction of sp³-hybridized carbons (Fsp3) is 0.364. The number of alkyl halides is 2. The summed E-state index contributed by atoms with van der Waals surface area (Å²) < 4.78 is 28.3. The average molecular weight is 316 g/mol. The highest BCUT2D eigenvalue weighted by atomic mass is 35.5. The summed E-state index contributed by atoms with van der Waals surface area (Å²) in [7, 11) is 0. The molecule has 0 fully saturated rings. The van der Waals surface area contributed by atoms with Crippen molar-refractivity contribution in [3.63, 3.8) is 0 Å². The third kappa shape index (κ3) is 7.81. The third-order valence-electron chi connectivity index (χ3n) is 1.94. The maximum absolute atomic E-state index is 12.0. The van der Waals surface area contributed by atoms with Gasteiger partial charge in [0.15, 0.2) is 11.6 Å². The highest BCUT2D eigenvalue weighted by Gasteiger charge is 2.08. The van der Waals surface area contributed by atoms with Crippen LogP contribution in [0.5, 0.6) is 5.75 Å². The van der Waals surface area contributed by atoms with Gasteiger partial charge in [0.25, 0.3) is 0 Å². The number of hydrogen-bond acceptors (Lipinski definition) is 4. The van der Waals surface area contributed by atoms with Gasteiger partial charge in [0.2, 0.25) is 0 Å². The Hall–Kier alpha value is -1.11. The summed E-state index contributed by atoms with van der Waals surface area (Å²) in [5.41, 5.74) is 11.6. The molecule has 0 bridgehead atoms. The largest absolute Gasteiger partial charge is 0.431 e. The molecule has 0 aromatic carbocycles. The van der Waals surface area contributed by atoms with Gasteiger partial charge in [0.1, 0.15) is 0 Å². The molecule has 1 rings (SSSR count). The van der Waals surface area contributed by atoms with Crippen molar-refractivity contribution >= 4 is 36.7 Å². The van der Waals surface area contributed by atoms with Crippen LogP contribution >= 0.6 is 24.8 Å². The Labute approximate surface area is 123 Å². The maximum Gasteiger partial charge on any atom is 0.387 e. The standard InChI is InChI=1S/C11H15F2N3O.2ClH/c1-7(14)3-2-4-8-5-9(17-11(12)13)10(15)16-6-8;;/h2,4-7,11H,3,14H2,1H3,(H2,15,16);2*1H/b4-2+;;/t7-;;/m0../s1. The van der Waals surface area contributed by atoms with Crippen molar-refractivity contribution < 1.29 is 13.5 Å². The van der Waals surface area contributed by atoms with E-state index in [1.165, 1.54) is 12.3 Å². The minimum absolute atomic E-state index is 0. The van der Waals surface area contributed by atoms with Crippen molar-refractivity contribution in [2.75, 3.05) is 5.73 Å². The number of pyridine rings is 1. The van der Waals surface area contributed by atoms with E-state index in [1.54, 1.807) is 6.08 Å². The molecule has 0 unspecified atom stereocenters. The van der Waals surface area contributed by atoms with Gasteiger partial charge in [0.05, 0.1) is 0 Å². The zero-order valence-corrected chi connectivity index (χ0v) is 11.9. The number of aromatic nitrogens is 1. The summed E-state index contributed by atoms with van der Waals surface area (Å²) >= 11 is 0. The van der Waals surface area contributed by atoms with Crippen molar-refractivity contribution in [3.8, 4) is 5.75 Å². The predicted octanol–water partition coefficient (Wildman–Crippen LogP) is 2.86. The van der Waals surface area contributed by atoms with Crippen LogP contribution in [-0.2, 0) is 0 Å². The molecule has 0 saturated heterocycles. The number of halogens is 4. The monoisotopic (exact) mass is 315 g/mol. The van der Waals surface area contributed by atoms with Crippen LogP contribution in [-0.4, -0.2) is 17.6 Å². The Bertz CT molecular complexity index is 404. The molecule has 110 valence electrons. The van der Waals surface area contributed by atoms with Crippen LogP contribution in [0.4, 0.5) is 14.6 Å². The van der Waals surface area contributed by atoms with E-state index in [1.807, 2.05) is 13.0 Å². The molecule has 0 spiro atoms. The zero-order chi connectivity index (χ0) is 12.8. The van der Waals surface area contributed by atoms with Gasteiger partial charge in [-0.3, -0.25) is 0 Å². The van der Waals surface area contributed by atoms with Crippen molar-refractivity contribution in [1.82, 2.24) is 4.98 Å². The predicted molar refractivity (Wildman–Crippen MR) is 77.1 cm³/mol. The van der Waals surface area contributed by atoms with E-state index in [4.69, 9.17) is 11.5 Å². The fourth-order valence-electron chi connectivity index (χ4n) is 1.17. The van der Waals surface area contributed by atoms with Gasteiger partial charge in [-0.1, -0.05) is 12.2 Å².